The molecule has 0 radical (unpaired) electrons. The Hall–Kier alpha value is -1.89. The van der Waals surface area contributed by atoms with Crippen LogP contribution in [0.25, 0.3) is 5.65 Å². The van der Waals surface area contributed by atoms with Gasteiger partial charge in [-0.05, 0) is 38.6 Å². The highest BCUT2D eigenvalue weighted by Crippen LogP contribution is 2.27. The number of rotatable bonds is 1. The highest BCUT2D eigenvalue weighted by Gasteiger charge is 2.31. The van der Waals surface area contributed by atoms with Gasteiger partial charge in [-0.25, -0.2) is 19.3 Å². The summed E-state index contributed by atoms with van der Waals surface area (Å²) in [6, 6.07) is 2.56. The summed E-state index contributed by atoms with van der Waals surface area (Å²) in [5.74, 6) is 2.32. The monoisotopic (exact) mass is 288 g/mol. The van der Waals surface area contributed by atoms with Gasteiger partial charge in [0.1, 0.15) is 11.6 Å². The lowest BCUT2D eigenvalue weighted by Gasteiger charge is -2.42. The minimum absolute atomic E-state index is 0.225. The highest BCUT2D eigenvalue weighted by molar-refractivity contribution is 5.51. The molecule has 0 aromatic carbocycles. The van der Waals surface area contributed by atoms with E-state index in [1.165, 1.54) is 17.2 Å². The van der Waals surface area contributed by atoms with Crippen molar-refractivity contribution in [2.24, 2.45) is 5.92 Å². The number of nitrogens with one attached hydrogen (secondary N) is 2. The second-order valence-electron chi connectivity index (χ2n) is 6.08. The normalized spacial score (nSPS) is 26.0. The fourth-order valence-corrected chi connectivity index (χ4v) is 3.70. The third-order valence-corrected chi connectivity index (χ3v) is 4.77. The maximum absolute atomic E-state index is 11.7. The molecule has 2 aliphatic rings. The number of anilines is 1. The van der Waals surface area contributed by atoms with Gasteiger partial charge in [0.15, 0.2) is 5.65 Å². The van der Waals surface area contributed by atoms with E-state index in [0.29, 0.717) is 23.4 Å². The standard InChI is InChI=1S/C14H20N6O/c1-9-16-12(7-13-17-18-14(21)20(9)13)19-6-4-11-10(8-19)3-2-5-15-11/h7,10-11,15H,2-6,8H2,1H3,(H,18,21). The van der Waals surface area contributed by atoms with E-state index < -0.39 is 0 Å². The number of aromatic nitrogens is 4. The summed E-state index contributed by atoms with van der Waals surface area (Å²) in [5, 5.41) is 10.2. The average molecular weight is 288 g/mol. The second kappa shape index (κ2) is 4.84. The van der Waals surface area contributed by atoms with Crippen LogP contribution in [0.3, 0.4) is 0 Å². The topological polar surface area (TPSA) is 78.3 Å². The molecule has 112 valence electrons. The molecule has 0 saturated carbocycles. The van der Waals surface area contributed by atoms with Crippen LogP contribution >= 0.6 is 0 Å². The number of aromatic amines is 1. The van der Waals surface area contributed by atoms with E-state index in [9.17, 15) is 4.79 Å². The molecule has 0 spiro atoms. The summed E-state index contributed by atoms with van der Waals surface area (Å²) in [7, 11) is 0. The summed E-state index contributed by atoms with van der Waals surface area (Å²) in [6.07, 6.45) is 3.70. The minimum atomic E-state index is -0.225. The molecular formula is C14H20N6O. The van der Waals surface area contributed by atoms with Crippen LogP contribution in [-0.4, -0.2) is 45.3 Å². The number of H-pyrrole nitrogens is 1. The van der Waals surface area contributed by atoms with Crippen LogP contribution in [0.2, 0.25) is 0 Å². The first kappa shape index (κ1) is 12.8. The molecule has 2 aromatic rings. The number of hydrogen-bond acceptors (Lipinski definition) is 5. The lowest BCUT2D eigenvalue weighted by atomic mass is 9.85. The maximum Gasteiger partial charge on any atom is 0.349 e. The van der Waals surface area contributed by atoms with Crippen LogP contribution in [0.4, 0.5) is 5.82 Å². The number of piperidine rings is 2. The van der Waals surface area contributed by atoms with E-state index in [0.717, 1.165) is 31.9 Å². The summed E-state index contributed by atoms with van der Waals surface area (Å²) < 4.78 is 1.51. The van der Waals surface area contributed by atoms with Crippen molar-refractivity contribution in [3.05, 3.63) is 22.4 Å². The van der Waals surface area contributed by atoms with Gasteiger partial charge < -0.3 is 10.2 Å². The van der Waals surface area contributed by atoms with E-state index >= 15 is 0 Å². The predicted octanol–water partition coefficient (Wildman–Crippen LogP) is 0.304. The number of aryl methyl sites for hydroxylation is 1. The molecule has 0 aliphatic carbocycles. The van der Waals surface area contributed by atoms with Crippen molar-refractivity contribution in [2.45, 2.75) is 32.2 Å². The van der Waals surface area contributed by atoms with Gasteiger partial charge in [0, 0.05) is 25.2 Å². The quantitative estimate of drug-likeness (QED) is 0.789. The smallest absolute Gasteiger partial charge is 0.349 e. The molecule has 21 heavy (non-hydrogen) atoms. The van der Waals surface area contributed by atoms with Crippen molar-refractivity contribution in [3.63, 3.8) is 0 Å². The zero-order chi connectivity index (χ0) is 14.4. The van der Waals surface area contributed by atoms with E-state index in [4.69, 9.17) is 0 Å². The van der Waals surface area contributed by atoms with Gasteiger partial charge in [0.25, 0.3) is 0 Å². The largest absolute Gasteiger partial charge is 0.356 e. The van der Waals surface area contributed by atoms with Crippen molar-refractivity contribution in [3.8, 4) is 0 Å². The molecule has 2 aliphatic heterocycles. The number of hydrogen-bond donors (Lipinski definition) is 2. The van der Waals surface area contributed by atoms with Crippen molar-refractivity contribution in [2.75, 3.05) is 24.5 Å². The number of nitrogens with zero attached hydrogens (tertiary/aromatic N) is 4. The molecule has 4 rings (SSSR count). The molecular weight excluding hydrogens is 268 g/mol. The van der Waals surface area contributed by atoms with Gasteiger partial charge in [-0.3, -0.25) is 0 Å². The van der Waals surface area contributed by atoms with Gasteiger partial charge in [-0.2, -0.15) is 5.10 Å². The van der Waals surface area contributed by atoms with Gasteiger partial charge in [-0.1, -0.05) is 0 Å². The van der Waals surface area contributed by atoms with Crippen molar-refractivity contribution >= 4 is 11.5 Å². The Morgan fingerprint density at radius 1 is 1.38 bits per heavy atom. The maximum atomic E-state index is 11.7. The zero-order valence-electron chi connectivity index (χ0n) is 12.2. The van der Waals surface area contributed by atoms with Gasteiger partial charge in [0.2, 0.25) is 0 Å². The molecule has 2 fully saturated rings. The molecule has 7 nitrogen and oxygen atoms in total. The average Bonchev–Trinajstić information content (AvgIpc) is 2.88. The first-order valence-corrected chi connectivity index (χ1v) is 7.65. The zero-order valence-corrected chi connectivity index (χ0v) is 12.2. The minimum Gasteiger partial charge on any atom is -0.356 e. The Kier molecular flexibility index (Phi) is 2.95. The number of fused-ring (bicyclic) bond motifs is 2. The molecule has 2 saturated heterocycles. The van der Waals surface area contributed by atoms with E-state index in [1.807, 2.05) is 13.0 Å². The molecule has 2 N–H and O–H groups in total. The van der Waals surface area contributed by atoms with E-state index in [-0.39, 0.29) is 5.69 Å². The molecule has 0 bridgehead atoms. The van der Waals surface area contributed by atoms with Gasteiger partial charge in [0.05, 0.1) is 0 Å². The Morgan fingerprint density at radius 2 is 2.29 bits per heavy atom. The first-order chi connectivity index (χ1) is 10.2. The molecule has 2 unspecified atom stereocenters. The summed E-state index contributed by atoms with van der Waals surface area (Å²) in [6.45, 7) is 5.05. The van der Waals surface area contributed by atoms with Crippen LogP contribution in [0.1, 0.15) is 25.1 Å². The predicted molar refractivity (Wildman–Crippen MR) is 79.7 cm³/mol. The lowest BCUT2D eigenvalue weighted by molar-refractivity contribution is 0.244. The SMILES string of the molecule is Cc1nc(N2CCC3NCCCC3C2)cc2n[nH]c(=O)n12. The lowest BCUT2D eigenvalue weighted by Crippen LogP contribution is -2.52. The van der Waals surface area contributed by atoms with Crippen LogP contribution < -0.4 is 15.9 Å². The summed E-state index contributed by atoms with van der Waals surface area (Å²) in [4.78, 5) is 18.6. The second-order valence-corrected chi connectivity index (χ2v) is 6.08. The van der Waals surface area contributed by atoms with Crippen molar-refractivity contribution in [1.82, 2.24) is 24.9 Å². The van der Waals surface area contributed by atoms with E-state index in [2.05, 4.69) is 25.4 Å². The summed E-state index contributed by atoms with van der Waals surface area (Å²) in [5.41, 5.74) is 0.420. The Labute approximate surface area is 122 Å². The molecule has 2 aromatic heterocycles. The van der Waals surface area contributed by atoms with Crippen LogP contribution in [0.15, 0.2) is 10.9 Å². The van der Waals surface area contributed by atoms with Crippen molar-refractivity contribution < 1.29 is 0 Å². The Morgan fingerprint density at radius 3 is 3.19 bits per heavy atom. The van der Waals surface area contributed by atoms with Gasteiger partial charge in [-0.15, -0.1) is 0 Å². The Bertz CT molecular complexity index is 720. The van der Waals surface area contributed by atoms with Gasteiger partial charge >= 0.3 is 5.69 Å². The fourth-order valence-electron chi connectivity index (χ4n) is 3.70. The molecule has 0 amide bonds. The van der Waals surface area contributed by atoms with Crippen molar-refractivity contribution in [1.29, 1.82) is 0 Å². The third kappa shape index (κ3) is 2.12. The van der Waals surface area contributed by atoms with Crippen LogP contribution in [-0.2, 0) is 0 Å². The molecule has 7 heteroatoms. The summed E-state index contributed by atoms with van der Waals surface area (Å²) >= 11 is 0. The van der Waals surface area contributed by atoms with Crippen LogP contribution in [0.5, 0.6) is 0 Å². The molecule has 4 heterocycles. The first-order valence-electron chi connectivity index (χ1n) is 7.65. The van der Waals surface area contributed by atoms with Crippen LogP contribution in [0, 0.1) is 12.8 Å². The fraction of sp³-hybridized carbons (Fsp3) is 0.643. The highest BCUT2D eigenvalue weighted by atomic mass is 16.1. The molecule has 2 atom stereocenters. The third-order valence-electron chi connectivity index (χ3n) is 4.77. The Balaban J connectivity index is 1.65. The van der Waals surface area contributed by atoms with E-state index in [1.54, 1.807) is 0 Å².